The van der Waals surface area contributed by atoms with Crippen LogP contribution < -0.4 is 10.6 Å². The monoisotopic (exact) mass is 378 g/mol. The highest BCUT2D eigenvalue weighted by molar-refractivity contribution is 14.0. The molecule has 0 aromatic carbocycles. The fourth-order valence-corrected chi connectivity index (χ4v) is 1.95. The zero-order chi connectivity index (χ0) is 11.9. The smallest absolute Gasteiger partial charge is 0.191 e. The lowest BCUT2D eigenvalue weighted by Gasteiger charge is -2.09. The molecule has 0 bridgehead atoms. The summed E-state index contributed by atoms with van der Waals surface area (Å²) in [5, 5.41) is 12.3. The Bertz CT molecular complexity index is 415. The summed E-state index contributed by atoms with van der Waals surface area (Å²) in [5.74, 6) is 0.751. The summed E-state index contributed by atoms with van der Waals surface area (Å²) in [4.78, 5) is 5.40. The number of hydrogen-bond acceptors (Lipinski definition) is 4. The van der Waals surface area contributed by atoms with Crippen molar-refractivity contribution in [2.75, 3.05) is 7.05 Å². The largest absolute Gasteiger partial charge is 0.364 e. The molecule has 0 aliphatic carbocycles. The molecule has 0 saturated carbocycles. The van der Waals surface area contributed by atoms with Crippen LogP contribution in [0.25, 0.3) is 0 Å². The normalized spacial score (nSPS) is 10.8. The number of aliphatic imine (C=N–C) groups is 1. The Morgan fingerprint density at radius 2 is 2.22 bits per heavy atom. The minimum Gasteiger partial charge on any atom is -0.364 e. The second-order valence-corrected chi connectivity index (χ2v) is 4.38. The van der Waals surface area contributed by atoms with E-state index in [9.17, 15) is 0 Å². The van der Waals surface area contributed by atoms with Gasteiger partial charge in [0.15, 0.2) is 5.96 Å². The molecule has 2 heterocycles. The Labute approximate surface area is 127 Å². The van der Waals surface area contributed by atoms with Crippen molar-refractivity contribution in [3.8, 4) is 0 Å². The average molecular weight is 378 g/mol. The predicted octanol–water partition coefficient (Wildman–Crippen LogP) is 2.22. The van der Waals surface area contributed by atoms with Gasteiger partial charge in [-0.2, -0.15) is 0 Å². The van der Waals surface area contributed by atoms with Gasteiger partial charge in [0.25, 0.3) is 0 Å². The van der Waals surface area contributed by atoms with Crippen molar-refractivity contribution in [2.45, 2.75) is 13.1 Å². The Kier molecular flexibility index (Phi) is 6.73. The summed E-state index contributed by atoms with van der Waals surface area (Å²) in [5.41, 5.74) is 0.851. The molecule has 0 aliphatic heterocycles. The Balaban J connectivity index is 0.00000162. The summed E-state index contributed by atoms with van der Waals surface area (Å²) >= 11 is 1.72. The van der Waals surface area contributed by atoms with Gasteiger partial charge in [-0.05, 0) is 11.4 Å². The number of aromatic nitrogens is 1. The van der Waals surface area contributed by atoms with E-state index in [1.807, 2.05) is 12.1 Å². The third kappa shape index (κ3) is 4.65. The van der Waals surface area contributed by atoms with Crippen molar-refractivity contribution in [2.24, 2.45) is 4.99 Å². The van der Waals surface area contributed by atoms with Crippen LogP contribution in [0.4, 0.5) is 0 Å². The molecule has 2 aromatic rings. The van der Waals surface area contributed by atoms with Gasteiger partial charge in [0.2, 0.25) is 0 Å². The fourth-order valence-electron chi connectivity index (χ4n) is 1.31. The van der Waals surface area contributed by atoms with Crippen molar-refractivity contribution in [1.82, 2.24) is 15.8 Å². The average Bonchev–Trinajstić information content (AvgIpc) is 3.02. The summed E-state index contributed by atoms with van der Waals surface area (Å²) in [7, 11) is 1.74. The highest BCUT2D eigenvalue weighted by Crippen LogP contribution is 2.07. The first kappa shape index (κ1) is 15.0. The van der Waals surface area contributed by atoms with E-state index in [1.165, 1.54) is 4.88 Å². The van der Waals surface area contributed by atoms with E-state index >= 15 is 0 Å². The van der Waals surface area contributed by atoms with Crippen LogP contribution in [0.1, 0.15) is 10.6 Å². The summed E-state index contributed by atoms with van der Waals surface area (Å²) in [6.45, 7) is 1.37. The number of guanidine groups is 1. The van der Waals surface area contributed by atoms with Crippen LogP contribution in [-0.4, -0.2) is 18.2 Å². The number of nitrogens with one attached hydrogen (secondary N) is 2. The number of hydrogen-bond donors (Lipinski definition) is 2. The maximum Gasteiger partial charge on any atom is 0.191 e. The van der Waals surface area contributed by atoms with Crippen molar-refractivity contribution >= 4 is 41.3 Å². The molecule has 0 atom stereocenters. The molecule has 0 saturated heterocycles. The molecule has 0 fully saturated rings. The topological polar surface area (TPSA) is 62.5 Å². The maximum atomic E-state index is 4.75. The van der Waals surface area contributed by atoms with Gasteiger partial charge in [0.05, 0.1) is 13.1 Å². The first-order chi connectivity index (χ1) is 8.38. The van der Waals surface area contributed by atoms with E-state index < -0.39 is 0 Å². The van der Waals surface area contributed by atoms with Gasteiger partial charge in [-0.1, -0.05) is 11.2 Å². The van der Waals surface area contributed by atoms with Gasteiger partial charge in [0, 0.05) is 18.0 Å². The predicted molar refractivity (Wildman–Crippen MR) is 83.3 cm³/mol. The zero-order valence-corrected chi connectivity index (χ0v) is 13.1. The molecule has 2 aromatic heterocycles. The quantitative estimate of drug-likeness (QED) is 0.487. The highest BCUT2D eigenvalue weighted by Gasteiger charge is 2.00. The van der Waals surface area contributed by atoms with Crippen LogP contribution in [0.2, 0.25) is 0 Å². The van der Waals surface area contributed by atoms with E-state index in [0.29, 0.717) is 6.54 Å². The maximum absolute atomic E-state index is 4.75. The van der Waals surface area contributed by atoms with Crippen LogP contribution >= 0.6 is 35.3 Å². The summed E-state index contributed by atoms with van der Waals surface area (Å²) in [6.07, 6.45) is 1.55. The van der Waals surface area contributed by atoms with Gasteiger partial charge in [-0.15, -0.1) is 35.3 Å². The molecule has 0 amide bonds. The Morgan fingerprint density at radius 1 is 1.39 bits per heavy atom. The van der Waals surface area contributed by atoms with Gasteiger partial charge in [0.1, 0.15) is 12.0 Å². The lowest BCUT2D eigenvalue weighted by molar-refractivity contribution is 0.410. The van der Waals surface area contributed by atoms with Crippen molar-refractivity contribution in [1.29, 1.82) is 0 Å². The first-order valence-corrected chi connectivity index (χ1v) is 6.12. The van der Waals surface area contributed by atoms with E-state index in [-0.39, 0.29) is 24.0 Å². The highest BCUT2D eigenvalue weighted by atomic mass is 127. The summed E-state index contributed by atoms with van der Waals surface area (Å²) in [6, 6.07) is 5.94. The third-order valence-corrected chi connectivity index (χ3v) is 3.04. The molecule has 0 aliphatic rings. The fraction of sp³-hybridized carbons (Fsp3) is 0.273. The molecule has 2 N–H and O–H groups in total. The molecular formula is C11H15IN4OS. The first-order valence-electron chi connectivity index (χ1n) is 5.24. The van der Waals surface area contributed by atoms with Crippen molar-refractivity contribution < 1.29 is 4.52 Å². The number of halogens is 1. The third-order valence-electron chi connectivity index (χ3n) is 2.16. The lowest BCUT2D eigenvalue weighted by atomic mass is 10.4. The standard InChI is InChI=1S/C11H14N4OS.HI/c1-12-11(13-7-9-4-5-16-15-9)14-8-10-3-2-6-17-10;/h2-6H,7-8H2,1H3,(H2,12,13,14);1H. The van der Waals surface area contributed by atoms with Crippen molar-refractivity contribution in [3.05, 3.63) is 40.4 Å². The van der Waals surface area contributed by atoms with Gasteiger partial charge >= 0.3 is 0 Å². The SMILES string of the molecule is CN=C(NCc1ccon1)NCc1cccs1.I. The number of nitrogens with zero attached hydrogens (tertiary/aromatic N) is 2. The van der Waals surface area contributed by atoms with Crippen LogP contribution in [0.3, 0.4) is 0 Å². The molecule has 5 nitrogen and oxygen atoms in total. The zero-order valence-electron chi connectivity index (χ0n) is 9.92. The van der Waals surface area contributed by atoms with Gasteiger partial charge in [-0.25, -0.2) is 0 Å². The van der Waals surface area contributed by atoms with Crippen LogP contribution in [0.5, 0.6) is 0 Å². The van der Waals surface area contributed by atoms with Crippen LogP contribution in [0, 0.1) is 0 Å². The summed E-state index contributed by atoms with van der Waals surface area (Å²) < 4.78 is 4.75. The number of rotatable bonds is 4. The Morgan fingerprint density at radius 3 is 2.83 bits per heavy atom. The van der Waals surface area contributed by atoms with E-state index in [2.05, 4.69) is 32.2 Å². The molecular weight excluding hydrogens is 363 g/mol. The Hall–Kier alpha value is -1.09. The molecule has 0 spiro atoms. The molecule has 2 rings (SSSR count). The minimum atomic E-state index is 0. The molecule has 0 radical (unpaired) electrons. The second kappa shape index (κ2) is 8.09. The van der Waals surface area contributed by atoms with Gasteiger partial charge < -0.3 is 15.2 Å². The van der Waals surface area contributed by atoms with E-state index in [1.54, 1.807) is 24.6 Å². The van der Waals surface area contributed by atoms with Crippen LogP contribution in [0.15, 0.2) is 39.4 Å². The van der Waals surface area contributed by atoms with E-state index in [4.69, 9.17) is 4.52 Å². The van der Waals surface area contributed by atoms with E-state index in [0.717, 1.165) is 18.2 Å². The van der Waals surface area contributed by atoms with Crippen molar-refractivity contribution in [3.63, 3.8) is 0 Å². The lowest BCUT2D eigenvalue weighted by Crippen LogP contribution is -2.36. The second-order valence-electron chi connectivity index (χ2n) is 3.35. The minimum absolute atomic E-state index is 0. The van der Waals surface area contributed by atoms with Crippen LogP contribution in [-0.2, 0) is 13.1 Å². The molecule has 0 unspecified atom stereocenters. The molecule has 98 valence electrons. The molecule has 18 heavy (non-hydrogen) atoms. The van der Waals surface area contributed by atoms with Gasteiger partial charge in [-0.3, -0.25) is 4.99 Å². The number of thiophene rings is 1. The molecule has 7 heteroatoms.